The van der Waals surface area contributed by atoms with Gasteiger partial charge >= 0.3 is 0 Å². The normalized spacial score (nSPS) is 16.7. The molecule has 65 heavy (non-hydrogen) atoms. The smallest absolute Gasteiger partial charge is 0.274 e. The van der Waals surface area contributed by atoms with Gasteiger partial charge in [0.2, 0.25) is 5.91 Å². The van der Waals surface area contributed by atoms with Crippen LogP contribution in [0.2, 0.25) is 41.3 Å². The number of carbonyl (C=O) groups excluding carboxylic acids is 1. The van der Waals surface area contributed by atoms with E-state index in [1.807, 2.05) is 47.8 Å². The van der Waals surface area contributed by atoms with Gasteiger partial charge in [0, 0.05) is 24.3 Å². The van der Waals surface area contributed by atoms with E-state index < -0.39 is 16.6 Å². The molecule has 1 aliphatic heterocycles. The SMILES string of the molecule is CC(C)(C)c1ccc(CS)cc1.CC(C)(C)c1ccc(CSC2C=NN(C(C)(C)C)C(=O)C2CO[Si](C)(C)C(C)(C)C)cc1.CC(C)(C)n1ncc(Cl)c(CO[Si](C)(C)C(C)(C)C)c1=O. The van der Waals surface area contributed by atoms with Crippen molar-refractivity contribution in [2.75, 3.05) is 6.61 Å². The molecule has 0 saturated heterocycles. The van der Waals surface area contributed by atoms with Crippen molar-refractivity contribution in [1.29, 1.82) is 0 Å². The van der Waals surface area contributed by atoms with E-state index in [1.54, 1.807) is 16.8 Å². The number of rotatable bonds is 10. The third kappa shape index (κ3) is 17.4. The number of halogens is 1. The van der Waals surface area contributed by atoms with E-state index >= 15 is 0 Å². The molecule has 0 saturated carbocycles. The average Bonchev–Trinajstić information content (AvgIpc) is 3.14. The summed E-state index contributed by atoms with van der Waals surface area (Å²) in [5, 5.41) is 10.9. The summed E-state index contributed by atoms with van der Waals surface area (Å²) >= 11 is 12.2. The molecule has 8 nitrogen and oxygen atoms in total. The number of amides is 1. The Balaban J connectivity index is 0.000000375. The second kappa shape index (κ2) is 22.5. The number of nitrogens with zero attached hydrogens (tertiary/aromatic N) is 4. The monoisotopic (exact) mass is 987 g/mol. The maximum atomic E-state index is 13.4. The molecule has 0 bridgehead atoms. The lowest BCUT2D eigenvalue weighted by Crippen LogP contribution is -2.53. The van der Waals surface area contributed by atoms with Crippen LogP contribution < -0.4 is 5.56 Å². The molecule has 13 heteroatoms. The van der Waals surface area contributed by atoms with Gasteiger partial charge < -0.3 is 8.85 Å². The van der Waals surface area contributed by atoms with E-state index in [9.17, 15) is 9.59 Å². The summed E-state index contributed by atoms with van der Waals surface area (Å²) in [4.78, 5) is 26.0. The van der Waals surface area contributed by atoms with Crippen LogP contribution in [-0.4, -0.2) is 60.9 Å². The third-order valence-electron chi connectivity index (χ3n) is 12.6. The van der Waals surface area contributed by atoms with E-state index in [-0.39, 0.29) is 61.2 Å². The first-order valence-corrected chi connectivity index (χ1v) is 31.0. The Morgan fingerprint density at radius 3 is 1.52 bits per heavy atom. The number of hydrazone groups is 1. The van der Waals surface area contributed by atoms with Crippen LogP contribution in [0.15, 0.2) is 64.6 Å². The lowest BCUT2D eigenvalue weighted by atomic mass is 9.87. The fraction of sp³-hybridized carbons (Fsp3) is 0.654. The topological polar surface area (TPSA) is 86.0 Å². The van der Waals surface area contributed by atoms with Gasteiger partial charge in [0.15, 0.2) is 16.6 Å². The zero-order valence-electron chi connectivity index (χ0n) is 44.4. The molecule has 2 aromatic carbocycles. The summed E-state index contributed by atoms with van der Waals surface area (Å²) in [5.74, 6) is 1.52. The van der Waals surface area contributed by atoms with Gasteiger partial charge in [-0.05, 0) is 111 Å². The minimum absolute atomic E-state index is 0.00756. The molecule has 2 atom stereocenters. The number of hydrogen-bond donors (Lipinski definition) is 1. The van der Waals surface area contributed by atoms with Crippen LogP contribution in [0.5, 0.6) is 0 Å². The molecule has 2 unspecified atom stereocenters. The Morgan fingerprint density at radius 1 is 0.677 bits per heavy atom. The van der Waals surface area contributed by atoms with Crippen LogP contribution in [0.25, 0.3) is 0 Å². The quantitative estimate of drug-likeness (QED) is 0.161. The molecular formula is C52H87ClN4O4S2Si2. The predicted molar refractivity (Wildman–Crippen MR) is 290 cm³/mol. The highest BCUT2D eigenvalue weighted by Crippen LogP contribution is 2.39. The van der Waals surface area contributed by atoms with Crippen LogP contribution in [-0.2, 0) is 48.1 Å². The summed E-state index contributed by atoms with van der Waals surface area (Å²) < 4.78 is 14.1. The largest absolute Gasteiger partial charge is 0.416 e. The van der Waals surface area contributed by atoms with Crippen molar-refractivity contribution >= 4 is 64.7 Å². The molecule has 0 aliphatic carbocycles. The molecule has 4 rings (SSSR count). The summed E-state index contributed by atoms with van der Waals surface area (Å²) in [7, 11) is -3.88. The molecule has 1 amide bonds. The minimum Gasteiger partial charge on any atom is -0.416 e. The first-order chi connectivity index (χ1) is 29.2. The van der Waals surface area contributed by atoms with Gasteiger partial charge in [0.25, 0.3) is 5.56 Å². The average molecular weight is 988 g/mol. The zero-order chi connectivity index (χ0) is 50.4. The lowest BCUT2D eigenvalue weighted by molar-refractivity contribution is -0.142. The second-order valence-corrected chi connectivity index (χ2v) is 36.0. The second-order valence-electron chi connectivity index (χ2n) is 24.5. The number of thiol groups is 1. The summed E-state index contributed by atoms with van der Waals surface area (Å²) in [5.41, 5.74) is 5.27. The Hall–Kier alpha value is -2.20. The summed E-state index contributed by atoms with van der Waals surface area (Å²) in [6.07, 6.45) is 3.49. The lowest BCUT2D eigenvalue weighted by Gasteiger charge is -2.41. The van der Waals surface area contributed by atoms with Gasteiger partial charge in [0.05, 0.1) is 45.6 Å². The number of benzene rings is 2. The molecular weight excluding hydrogens is 900 g/mol. The Labute approximate surface area is 412 Å². The van der Waals surface area contributed by atoms with Gasteiger partial charge in [0.1, 0.15) is 0 Å². The van der Waals surface area contributed by atoms with E-state index in [1.165, 1.54) is 33.1 Å². The molecule has 366 valence electrons. The fourth-order valence-corrected chi connectivity index (χ4v) is 9.39. The maximum absolute atomic E-state index is 13.4. The number of carbonyl (C=O) groups is 1. The van der Waals surface area contributed by atoms with Gasteiger partial charge in [-0.25, -0.2) is 9.69 Å². The Kier molecular flexibility index (Phi) is 20.4. The maximum Gasteiger partial charge on any atom is 0.274 e. The molecule has 2 heterocycles. The predicted octanol–water partition coefficient (Wildman–Crippen LogP) is 14.4. The molecule has 0 fully saturated rings. The van der Waals surface area contributed by atoms with Crippen molar-refractivity contribution in [3.05, 3.63) is 97.9 Å². The molecule has 0 N–H and O–H groups in total. The van der Waals surface area contributed by atoms with Crippen molar-refractivity contribution in [3.8, 4) is 0 Å². The van der Waals surface area contributed by atoms with Gasteiger partial charge in [-0.2, -0.15) is 22.8 Å². The molecule has 1 aromatic heterocycles. The van der Waals surface area contributed by atoms with E-state index in [2.05, 4.69) is 181 Å². The minimum atomic E-state index is -1.95. The van der Waals surface area contributed by atoms with Crippen LogP contribution in [0.3, 0.4) is 0 Å². The fourth-order valence-electron chi connectivity index (χ4n) is 5.88. The summed E-state index contributed by atoms with van der Waals surface area (Å²) in [6, 6.07) is 17.5. The zero-order valence-corrected chi connectivity index (χ0v) is 48.9. The van der Waals surface area contributed by atoms with E-state index in [0.717, 1.165) is 11.5 Å². The van der Waals surface area contributed by atoms with Gasteiger partial charge in [-0.15, -0.1) is 11.8 Å². The van der Waals surface area contributed by atoms with Gasteiger partial charge in [-0.1, -0.05) is 143 Å². The first kappa shape index (κ1) is 58.9. The Bertz CT molecular complexity index is 2080. The highest BCUT2D eigenvalue weighted by atomic mass is 35.5. The van der Waals surface area contributed by atoms with Crippen LogP contribution in [0.4, 0.5) is 0 Å². The number of hydrogen-bond acceptors (Lipinski definition) is 8. The van der Waals surface area contributed by atoms with Crippen molar-refractivity contribution in [2.45, 2.75) is 206 Å². The Morgan fingerprint density at radius 2 is 1.12 bits per heavy atom. The number of thioether (sulfide) groups is 1. The van der Waals surface area contributed by atoms with Crippen LogP contribution in [0.1, 0.15) is 152 Å². The standard InChI is InChI=1S/C26H44N2O2SSi.C15H27ClN2O2Si.C11H16S/c1-24(2,3)20-14-12-19(13-15-20)18-31-22-16-27-28(25(4,5)6)23(29)21(22)17-30-32(10,11)26(7,8)9;1-14(2,3)18-13(19)11(12(16)9-17-18)10-20-21(7,8)15(4,5)6;1-11(2,3)10-6-4-9(8-12)5-7-10/h12-16,21-22H,17-18H2,1-11H3;9H,10H2,1-8H3;4-7,12H,8H2,1-3H3. The van der Waals surface area contributed by atoms with E-state index in [4.69, 9.17) is 20.5 Å². The molecule has 1 aliphatic rings. The van der Waals surface area contributed by atoms with Crippen LogP contribution in [0, 0.1) is 5.92 Å². The van der Waals surface area contributed by atoms with Gasteiger partial charge in [-0.3, -0.25) is 9.59 Å². The summed E-state index contributed by atoms with van der Waals surface area (Å²) in [6.45, 7) is 48.0. The number of aromatic nitrogens is 2. The molecule has 0 spiro atoms. The highest BCUT2D eigenvalue weighted by Gasteiger charge is 2.43. The van der Waals surface area contributed by atoms with Crippen molar-refractivity contribution in [1.82, 2.24) is 14.8 Å². The van der Waals surface area contributed by atoms with Crippen molar-refractivity contribution in [2.24, 2.45) is 11.0 Å². The third-order valence-corrected chi connectivity index (χ3v) is 23.6. The van der Waals surface area contributed by atoms with Crippen LogP contribution >= 0.6 is 36.0 Å². The first-order valence-electron chi connectivity index (χ1n) is 23.1. The highest BCUT2D eigenvalue weighted by molar-refractivity contribution is 7.99. The van der Waals surface area contributed by atoms with E-state index in [0.29, 0.717) is 17.2 Å². The van der Waals surface area contributed by atoms with Crippen molar-refractivity contribution in [3.63, 3.8) is 0 Å². The molecule has 0 radical (unpaired) electrons. The van der Waals surface area contributed by atoms with Crippen molar-refractivity contribution < 1.29 is 13.6 Å². The molecule has 3 aromatic rings.